The van der Waals surface area contributed by atoms with Gasteiger partial charge in [0.25, 0.3) is 5.91 Å². The lowest BCUT2D eigenvalue weighted by Gasteiger charge is -2.25. The summed E-state index contributed by atoms with van der Waals surface area (Å²) in [6.07, 6.45) is 0. The van der Waals surface area contributed by atoms with E-state index in [0.29, 0.717) is 17.1 Å². The average molecular weight is 347 g/mol. The van der Waals surface area contributed by atoms with Crippen LogP contribution in [0.5, 0.6) is 11.5 Å². The molecule has 2 aromatic rings. The predicted molar refractivity (Wildman–Crippen MR) is 92.8 cm³/mol. The largest absolute Gasteiger partial charge is 0.454 e. The lowest BCUT2D eigenvalue weighted by atomic mass is 10.0. The number of fused-ring (bicyclic) bond motifs is 1. The van der Waals surface area contributed by atoms with Crippen LogP contribution in [-0.4, -0.2) is 38.2 Å². The molecule has 3 rings (SSSR count). The third kappa shape index (κ3) is 3.63. The summed E-state index contributed by atoms with van der Waals surface area (Å²) >= 11 is 5.94. The Morgan fingerprint density at radius 2 is 2.00 bits per heavy atom. The molecule has 1 aliphatic rings. The Kier molecular flexibility index (Phi) is 4.92. The van der Waals surface area contributed by atoms with Crippen molar-refractivity contribution >= 4 is 17.5 Å². The molecule has 6 heteroatoms. The number of likely N-dealkylation sites (N-methyl/N-ethyl adjacent to an activating group) is 1. The number of benzene rings is 2. The Morgan fingerprint density at radius 3 is 2.75 bits per heavy atom. The van der Waals surface area contributed by atoms with Crippen molar-refractivity contribution in [1.82, 2.24) is 10.2 Å². The summed E-state index contributed by atoms with van der Waals surface area (Å²) in [5.41, 5.74) is 1.60. The Morgan fingerprint density at radius 1 is 1.21 bits per heavy atom. The van der Waals surface area contributed by atoms with Crippen LogP contribution in [-0.2, 0) is 0 Å². The second kappa shape index (κ2) is 7.11. The van der Waals surface area contributed by atoms with Gasteiger partial charge in [0.15, 0.2) is 11.5 Å². The second-order valence-electron chi connectivity index (χ2n) is 5.81. The van der Waals surface area contributed by atoms with Gasteiger partial charge in [0, 0.05) is 17.1 Å². The van der Waals surface area contributed by atoms with Gasteiger partial charge in [-0.2, -0.15) is 0 Å². The minimum atomic E-state index is -0.148. The van der Waals surface area contributed by atoms with Gasteiger partial charge in [-0.05, 0) is 50.0 Å². The van der Waals surface area contributed by atoms with E-state index < -0.39 is 0 Å². The van der Waals surface area contributed by atoms with Gasteiger partial charge in [0.1, 0.15) is 0 Å². The minimum Gasteiger partial charge on any atom is -0.454 e. The predicted octanol–water partition coefficient (Wildman–Crippen LogP) is 3.10. The molecule has 24 heavy (non-hydrogen) atoms. The van der Waals surface area contributed by atoms with Crippen LogP contribution in [0.2, 0.25) is 5.02 Å². The third-order valence-corrected chi connectivity index (χ3v) is 4.18. The Bertz CT molecular complexity index is 749. The molecule has 1 amide bonds. The van der Waals surface area contributed by atoms with Gasteiger partial charge in [0.05, 0.1) is 6.04 Å². The zero-order valence-electron chi connectivity index (χ0n) is 13.6. The quantitative estimate of drug-likeness (QED) is 0.903. The first-order valence-electron chi connectivity index (χ1n) is 7.64. The molecule has 126 valence electrons. The number of amides is 1. The molecule has 1 heterocycles. The molecule has 5 nitrogen and oxygen atoms in total. The highest BCUT2D eigenvalue weighted by molar-refractivity contribution is 6.30. The summed E-state index contributed by atoms with van der Waals surface area (Å²) in [4.78, 5) is 14.4. The Hall–Kier alpha value is -2.24. The van der Waals surface area contributed by atoms with E-state index in [1.807, 2.05) is 32.3 Å². The van der Waals surface area contributed by atoms with Crippen LogP contribution in [0.15, 0.2) is 42.5 Å². The zero-order valence-corrected chi connectivity index (χ0v) is 14.3. The van der Waals surface area contributed by atoms with Crippen LogP contribution in [0.25, 0.3) is 0 Å². The first-order chi connectivity index (χ1) is 11.5. The van der Waals surface area contributed by atoms with Gasteiger partial charge in [-0.3, -0.25) is 4.79 Å². The van der Waals surface area contributed by atoms with Crippen molar-refractivity contribution in [2.75, 3.05) is 27.4 Å². The number of halogens is 1. The third-order valence-electron chi connectivity index (χ3n) is 3.95. The first-order valence-corrected chi connectivity index (χ1v) is 8.02. The summed E-state index contributed by atoms with van der Waals surface area (Å²) in [5, 5.41) is 3.51. The molecule has 1 atom stereocenters. The summed E-state index contributed by atoms with van der Waals surface area (Å²) < 4.78 is 10.8. The van der Waals surface area contributed by atoms with E-state index in [0.717, 1.165) is 17.1 Å². The van der Waals surface area contributed by atoms with Gasteiger partial charge in [-0.1, -0.05) is 23.7 Å². The molecule has 0 radical (unpaired) electrons. The van der Waals surface area contributed by atoms with Crippen LogP contribution in [0.4, 0.5) is 0 Å². The highest BCUT2D eigenvalue weighted by Crippen LogP contribution is 2.34. The Balaban J connectivity index is 1.72. The van der Waals surface area contributed by atoms with Crippen molar-refractivity contribution < 1.29 is 14.3 Å². The fourth-order valence-corrected chi connectivity index (χ4v) is 2.83. The van der Waals surface area contributed by atoms with E-state index in [9.17, 15) is 4.79 Å². The van der Waals surface area contributed by atoms with E-state index in [1.54, 1.807) is 24.3 Å². The summed E-state index contributed by atoms with van der Waals surface area (Å²) in [7, 11) is 3.95. The average Bonchev–Trinajstić information content (AvgIpc) is 3.02. The number of carbonyl (C=O) groups is 1. The Labute approximate surface area is 146 Å². The van der Waals surface area contributed by atoms with Gasteiger partial charge >= 0.3 is 0 Å². The molecule has 0 spiro atoms. The van der Waals surface area contributed by atoms with E-state index in [2.05, 4.69) is 10.2 Å². The monoisotopic (exact) mass is 346 g/mol. The van der Waals surface area contributed by atoms with Gasteiger partial charge in [-0.15, -0.1) is 0 Å². The number of carbonyl (C=O) groups excluding carboxylic acids is 1. The maximum atomic E-state index is 12.3. The van der Waals surface area contributed by atoms with Crippen LogP contribution in [0.3, 0.4) is 0 Å². The molecule has 0 aliphatic carbocycles. The summed E-state index contributed by atoms with van der Waals surface area (Å²) in [6.45, 7) is 0.717. The molecule has 0 bridgehead atoms. The van der Waals surface area contributed by atoms with E-state index in [1.165, 1.54) is 0 Å². The normalized spacial score (nSPS) is 13.8. The molecule has 0 fully saturated rings. The molecule has 1 N–H and O–H groups in total. The van der Waals surface area contributed by atoms with Gasteiger partial charge in [0.2, 0.25) is 6.79 Å². The van der Waals surface area contributed by atoms with Crippen LogP contribution >= 0.6 is 11.6 Å². The van der Waals surface area contributed by atoms with Crippen molar-refractivity contribution in [3.05, 3.63) is 58.6 Å². The van der Waals surface area contributed by atoms with Gasteiger partial charge < -0.3 is 19.7 Å². The number of ether oxygens (including phenoxy) is 2. The lowest BCUT2D eigenvalue weighted by Crippen LogP contribution is -2.34. The lowest BCUT2D eigenvalue weighted by molar-refractivity contribution is 0.0942. The van der Waals surface area contributed by atoms with Crippen molar-refractivity contribution in [3.63, 3.8) is 0 Å². The number of nitrogens with one attached hydrogen (secondary N) is 1. The van der Waals surface area contributed by atoms with Gasteiger partial charge in [-0.25, -0.2) is 0 Å². The minimum absolute atomic E-state index is 0.0163. The molecule has 2 aromatic carbocycles. The standard InChI is InChI=1S/C18H19ClN2O3/c1-21(2)15(12-6-7-16-17(9-12)24-11-23-16)10-20-18(22)13-4-3-5-14(19)8-13/h3-9,15H,10-11H2,1-2H3,(H,20,22). The fourth-order valence-electron chi connectivity index (χ4n) is 2.64. The maximum absolute atomic E-state index is 12.3. The number of hydrogen-bond donors (Lipinski definition) is 1. The molecule has 0 saturated heterocycles. The van der Waals surface area contributed by atoms with E-state index >= 15 is 0 Å². The molecular formula is C18H19ClN2O3. The highest BCUT2D eigenvalue weighted by atomic mass is 35.5. The number of rotatable bonds is 5. The van der Waals surface area contributed by atoms with Crippen molar-refractivity contribution in [2.24, 2.45) is 0 Å². The van der Waals surface area contributed by atoms with Crippen molar-refractivity contribution in [2.45, 2.75) is 6.04 Å². The molecule has 1 aliphatic heterocycles. The fraction of sp³-hybridized carbons (Fsp3) is 0.278. The van der Waals surface area contributed by atoms with Crippen molar-refractivity contribution in [1.29, 1.82) is 0 Å². The number of hydrogen-bond acceptors (Lipinski definition) is 4. The molecule has 0 aromatic heterocycles. The molecule has 0 saturated carbocycles. The maximum Gasteiger partial charge on any atom is 0.251 e. The van der Waals surface area contributed by atoms with E-state index in [-0.39, 0.29) is 18.7 Å². The zero-order chi connectivity index (χ0) is 17.1. The summed E-state index contributed by atoms with van der Waals surface area (Å²) in [6, 6.07) is 12.8. The van der Waals surface area contributed by atoms with Crippen LogP contribution < -0.4 is 14.8 Å². The van der Waals surface area contributed by atoms with Crippen molar-refractivity contribution in [3.8, 4) is 11.5 Å². The SMILES string of the molecule is CN(C)C(CNC(=O)c1cccc(Cl)c1)c1ccc2c(c1)OCO2. The second-order valence-corrected chi connectivity index (χ2v) is 6.25. The number of nitrogens with zero attached hydrogens (tertiary/aromatic N) is 1. The van der Waals surface area contributed by atoms with Crippen LogP contribution in [0.1, 0.15) is 22.0 Å². The van der Waals surface area contributed by atoms with E-state index in [4.69, 9.17) is 21.1 Å². The first kappa shape index (κ1) is 16.6. The molecule has 1 unspecified atom stereocenters. The highest BCUT2D eigenvalue weighted by Gasteiger charge is 2.20. The topological polar surface area (TPSA) is 50.8 Å². The molecular weight excluding hydrogens is 328 g/mol. The van der Waals surface area contributed by atoms with Crippen LogP contribution in [0, 0.1) is 0 Å². The summed E-state index contributed by atoms with van der Waals surface area (Å²) in [5.74, 6) is 1.34. The smallest absolute Gasteiger partial charge is 0.251 e.